The van der Waals surface area contributed by atoms with Crippen LogP contribution in [0, 0.1) is 17.2 Å². The third kappa shape index (κ3) is 4.67. The molecule has 1 N–H and O–H groups in total. The Morgan fingerprint density at radius 2 is 2.13 bits per heavy atom. The Hall–Kier alpha value is -1.62. The molecule has 4 nitrogen and oxygen atoms in total. The first kappa shape index (κ1) is 17.7. The van der Waals surface area contributed by atoms with E-state index in [9.17, 15) is 9.18 Å². The molecule has 1 heterocycles. The van der Waals surface area contributed by atoms with Crippen LogP contribution in [0.15, 0.2) is 24.3 Å². The van der Waals surface area contributed by atoms with Crippen molar-refractivity contribution in [1.82, 2.24) is 10.2 Å². The number of likely N-dealkylation sites (tertiary alicyclic amines) is 1. The number of carbonyl (C=O) groups is 1. The number of piperidine rings is 1. The fourth-order valence-corrected chi connectivity index (χ4v) is 2.82. The Bertz CT molecular complexity index is 548. The standard InChI is InChI=1S/C18H27FN2O2/c1-13-11-21(4)10-9-15(13)20-17(22)18(2,3)12-23-16-8-6-5-7-14(16)19/h5-8,13,15H,9-12H2,1-4H3,(H,20,22)/t13-,15-/m0/s1. The third-order valence-electron chi connectivity index (χ3n) is 4.46. The minimum Gasteiger partial charge on any atom is -0.489 e. The van der Waals surface area contributed by atoms with Gasteiger partial charge in [0.25, 0.3) is 0 Å². The lowest BCUT2D eigenvalue weighted by Gasteiger charge is -2.37. The number of amides is 1. The van der Waals surface area contributed by atoms with Gasteiger partial charge < -0.3 is 15.0 Å². The predicted molar refractivity (Wildman–Crippen MR) is 88.9 cm³/mol. The van der Waals surface area contributed by atoms with E-state index in [0.717, 1.165) is 19.5 Å². The Balaban J connectivity index is 1.91. The topological polar surface area (TPSA) is 41.6 Å². The fourth-order valence-electron chi connectivity index (χ4n) is 2.82. The molecular weight excluding hydrogens is 295 g/mol. The molecule has 1 aliphatic heterocycles. The van der Waals surface area contributed by atoms with Gasteiger partial charge in [-0.3, -0.25) is 4.79 Å². The molecule has 1 saturated heterocycles. The number of carbonyl (C=O) groups excluding carboxylic acids is 1. The Morgan fingerprint density at radius 3 is 2.78 bits per heavy atom. The maximum atomic E-state index is 13.6. The largest absolute Gasteiger partial charge is 0.489 e. The van der Waals surface area contributed by atoms with E-state index in [-0.39, 0.29) is 24.3 Å². The zero-order valence-corrected chi connectivity index (χ0v) is 14.4. The third-order valence-corrected chi connectivity index (χ3v) is 4.46. The second kappa shape index (κ2) is 7.30. The highest BCUT2D eigenvalue weighted by Gasteiger charge is 2.33. The van der Waals surface area contributed by atoms with Gasteiger partial charge in [0, 0.05) is 12.6 Å². The first-order valence-electron chi connectivity index (χ1n) is 8.16. The monoisotopic (exact) mass is 322 g/mol. The van der Waals surface area contributed by atoms with Crippen molar-refractivity contribution < 1.29 is 13.9 Å². The number of para-hydroxylation sites is 1. The molecule has 1 fully saturated rings. The van der Waals surface area contributed by atoms with Crippen LogP contribution >= 0.6 is 0 Å². The molecule has 1 aromatic carbocycles. The minimum absolute atomic E-state index is 0.0461. The summed E-state index contributed by atoms with van der Waals surface area (Å²) >= 11 is 0. The van der Waals surface area contributed by atoms with E-state index in [0.29, 0.717) is 5.92 Å². The Labute approximate surface area is 138 Å². The zero-order valence-electron chi connectivity index (χ0n) is 14.4. The van der Waals surface area contributed by atoms with Crippen LogP contribution in [0.2, 0.25) is 0 Å². The van der Waals surface area contributed by atoms with Gasteiger partial charge >= 0.3 is 0 Å². The van der Waals surface area contributed by atoms with Crippen molar-refractivity contribution in [3.63, 3.8) is 0 Å². The van der Waals surface area contributed by atoms with Crippen molar-refractivity contribution in [2.45, 2.75) is 33.2 Å². The highest BCUT2D eigenvalue weighted by molar-refractivity contribution is 5.82. The molecule has 0 saturated carbocycles. The van der Waals surface area contributed by atoms with E-state index in [1.54, 1.807) is 18.2 Å². The minimum atomic E-state index is -0.717. The summed E-state index contributed by atoms with van der Waals surface area (Å²) in [6, 6.07) is 6.43. The molecule has 0 aromatic heterocycles. The molecule has 1 aliphatic rings. The van der Waals surface area contributed by atoms with E-state index in [4.69, 9.17) is 4.74 Å². The summed E-state index contributed by atoms with van der Waals surface area (Å²) in [7, 11) is 2.10. The summed E-state index contributed by atoms with van der Waals surface area (Å²) in [6.07, 6.45) is 0.952. The lowest BCUT2D eigenvalue weighted by atomic mass is 9.89. The van der Waals surface area contributed by atoms with Crippen LogP contribution in [0.3, 0.4) is 0 Å². The number of nitrogens with one attached hydrogen (secondary N) is 1. The number of hydrogen-bond donors (Lipinski definition) is 1. The van der Waals surface area contributed by atoms with Crippen LogP contribution in [0.4, 0.5) is 4.39 Å². The summed E-state index contributed by atoms with van der Waals surface area (Å²) in [5.41, 5.74) is -0.717. The van der Waals surface area contributed by atoms with Gasteiger partial charge in [-0.2, -0.15) is 0 Å². The highest BCUT2D eigenvalue weighted by Crippen LogP contribution is 2.23. The Morgan fingerprint density at radius 1 is 1.43 bits per heavy atom. The smallest absolute Gasteiger partial charge is 0.229 e. The lowest BCUT2D eigenvalue weighted by molar-refractivity contribution is -0.132. The maximum Gasteiger partial charge on any atom is 0.229 e. The molecular formula is C18H27FN2O2. The molecule has 0 aliphatic carbocycles. The SMILES string of the molecule is C[C@H]1CN(C)CC[C@@H]1NC(=O)C(C)(C)COc1ccccc1F. The van der Waals surface area contributed by atoms with E-state index < -0.39 is 11.2 Å². The van der Waals surface area contributed by atoms with Gasteiger partial charge in [0.15, 0.2) is 11.6 Å². The lowest BCUT2D eigenvalue weighted by Crippen LogP contribution is -2.52. The number of nitrogens with zero attached hydrogens (tertiary/aromatic N) is 1. The van der Waals surface area contributed by atoms with E-state index in [1.165, 1.54) is 6.07 Å². The van der Waals surface area contributed by atoms with Crippen molar-refractivity contribution in [3.8, 4) is 5.75 Å². The number of benzene rings is 1. The average Bonchev–Trinajstić information content (AvgIpc) is 2.49. The van der Waals surface area contributed by atoms with E-state index in [2.05, 4.69) is 24.2 Å². The molecule has 2 atom stereocenters. The van der Waals surface area contributed by atoms with Crippen molar-refractivity contribution in [3.05, 3.63) is 30.1 Å². The van der Waals surface area contributed by atoms with Crippen LogP contribution in [-0.4, -0.2) is 43.6 Å². The first-order chi connectivity index (χ1) is 10.8. The molecule has 1 aromatic rings. The average molecular weight is 322 g/mol. The molecule has 128 valence electrons. The normalized spacial score (nSPS) is 22.7. The van der Waals surface area contributed by atoms with Crippen molar-refractivity contribution in [1.29, 1.82) is 0 Å². The molecule has 2 rings (SSSR count). The van der Waals surface area contributed by atoms with Crippen LogP contribution in [0.1, 0.15) is 27.2 Å². The predicted octanol–water partition coefficient (Wildman–Crippen LogP) is 2.69. The van der Waals surface area contributed by atoms with Gasteiger partial charge in [-0.05, 0) is 51.9 Å². The van der Waals surface area contributed by atoms with Gasteiger partial charge in [0.2, 0.25) is 5.91 Å². The van der Waals surface area contributed by atoms with Crippen molar-refractivity contribution >= 4 is 5.91 Å². The van der Waals surface area contributed by atoms with Crippen LogP contribution in [0.25, 0.3) is 0 Å². The number of hydrogen-bond acceptors (Lipinski definition) is 3. The highest BCUT2D eigenvalue weighted by atomic mass is 19.1. The molecule has 0 bridgehead atoms. The van der Waals surface area contributed by atoms with Gasteiger partial charge in [-0.15, -0.1) is 0 Å². The van der Waals surface area contributed by atoms with Crippen molar-refractivity contribution in [2.75, 3.05) is 26.7 Å². The second-order valence-electron chi connectivity index (χ2n) is 7.21. The molecule has 23 heavy (non-hydrogen) atoms. The van der Waals surface area contributed by atoms with Crippen molar-refractivity contribution in [2.24, 2.45) is 11.3 Å². The molecule has 0 spiro atoms. The summed E-state index contributed by atoms with van der Waals surface area (Å²) in [6.45, 7) is 7.91. The van der Waals surface area contributed by atoms with Crippen LogP contribution in [-0.2, 0) is 4.79 Å². The zero-order chi connectivity index (χ0) is 17.0. The molecule has 0 radical (unpaired) electrons. The fraction of sp³-hybridized carbons (Fsp3) is 0.611. The molecule has 1 amide bonds. The summed E-state index contributed by atoms with van der Waals surface area (Å²) in [5.74, 6) is 0.143. The quantitative estimate of drug-likeness (QED) is 0.906. The Kier molecular flexibility index (Phi) is 5.63. The summed E-state index contributed by atoms with van der Waals surface area (Å²) in [5, 5.41) is 3.14. The first-order valence-corrected chi connectivity index (χ1v) is 8.16. The van der Waals surface area contributed by atoms with Gasteiger partial charge in [-0.25, -0.2) is 4.39 Å². The maximum absolute atomic E-state index is 13.6. The second-order valence-corrected chi connectivity index (χ2v) is 7.21. The summed E-state index contributed by atoms with van der Waals surface area (Å²) < 4.78 is 19.1. The summed E-state index contributed by atoms with van der Waals surface area (Å²) in [4.78, 5) is 14.8. The number of halogens is 1. The molecule has 5 heteroatoms. The van der Waals surface area contributed by atoms with E-state index in [1.807, 2.05) is 13.8 Å². The van der Waals surface area contributed by atoms with Crippen LogP contribution < -0.4 is 10.1 Å². The number of ether oxygens (including phenoxy) is 1. The van der Waals surface area contributed by atoms with Gasteiger partial charge in [0.05, 0.1) is 5.41 Å². The van der Waals surface area contributed by atoms with Gasteiger partial charge in [-0.1, -0.05) is 19.1 Å². The van der Waals surface area contributed by atoms with E-state index >= 15 is 0 Å². The number of rotatable bonds is 5. The van der Waals surface area contributed by atoms with Crippen LogP contribution in [0.5, 0.6) is 5.75 Å². The van der Waals surface area contributed by atoms with Gasteiger partial charge in [0.1, 0.15) is 6.61 Å². The molecule has 0 unspecified atom stereocenters.